The van der Waals surface area contributed by atoms with Crippen LogP contribution in [0.5, 0.6) is 5.75 Å². The molecule has 0 spiro atoms. The summed E-state index contributed by atoms with van der Waals surface area (Å²) in [6, 6.07) is 12.9. The molecule has 2 rings (SSSR count). The van der Waals surface area contributed by atoms with Crippen molar-refractivity contribution in [1.29, 1.82) is 0 Å². The molecule has 0 aliphatic carbocycles. The SMILES string of the molecule is COc1ccc(C(=O)Nc2ccccc2)cc1NC(=O)NC(C)=O. The third-order valence-corrected chi connectivity index (χ3v) is 3.03. The molecule has 2 aromatic rings. The third kappa shape index (κ3) is 4.57. The molecule has 0 radical (unpaired) electrons. The van der Waals surface area contributed by atoms with Gasteiger partial charge in [0.25, 0.3) is 5.91 Å². The van der Waals surface area contributed by atoms with E-state index < -0.39 is 11.9 Å². The summed E-state index contributed by atoms with van der Waals surface area (Å²) in [5, 5.41) is 7.31. The van der Waals surface area contributed by atoms with E-state index in [-0.39, 0.29) is 11.6 Å². The van der Waals surface area contributed by atoms with E-state index in [1.165, 1.54) is 20.1 Å². The molecule has 0 fully saturated rings. The van der Waals surface area contributed by atoms with E-state index in [1.54, 1.807) is 24.3 Å². The second-order valence-corrected chi connectivity index (χ2v) is 4.87. The van der Waals surface area contributed by atoms with Gasteiger partial charge in [0.2, 0.25) is 5.91 Å². The number of nitrogens with one attached hydrogen (secondary N) is 3. The van der Waals surface area contributed by atoms with E-state index in [4.69, 9.17) is 4.74 Å². The van der Waals surface area contributed by atoms with Crippen LogP contribution >= 0.6 is 0 Å². The Kier molecular flexibility index (Phi) is 5.51. The first-order chi connectivity index (χ1) is 11.5. The number of imide groups is 1. The number of anilines is 2. The van der Waals surface area contributed by atoms with Crippen molar-refractivity contribution in [2.24, 2.45) is 0 Å². The second-order valence-electron chi connectivity index (χ2n) is 4.87. The van der Waals surface area contributed by atoms with Gasteiger partial charge in [-0.3, -0.25) is 14.9 Å². The molecule has 4 amide bonds. The number of benzene rings is 2. The molecule has 0 aliphatic heterocycles. The monoisotopic (exact) mass is 327 g/mol. The van der Waals surface area contributed by atoms with Crippen LogP contribution < -0.4 is 20.7 Å². The van der Waals surface area contributed by atoms with Gasteiger partial charge in [-0.15, -0.1) is 0 Å². The van der Waals surface area contributed by atoms with Gasteiger partial charge >= 0.3 is 6.03 Å². The van der Waals surface area contributed by atoms with Crippen LogP contribution in [0.3, 0.4) is 0 Å². The van der Waals surface area contributed by atoms with Crippen LogP contribution in [0.4, 0.5) is 16.2 Å². The number of urea groups is 1. The molecule has 124 valence electrons. The van der Waals surface area contributed by atoms with Gasteiger partial charge in [-0.25, -0.2) is 4.79 Å². The smallest absolute Gasteiger partial charge is 0.325 e. The molecule has 0 bridgehead atoms. The van der Waals surface area contributed by atoms with E-state index in [1.807, 2.05) is 18.2 Å². The van der Waals surface area contributed by atoms with Crippen LogP contribution in [0.2, 0.25) is 0 Å². The molecule has 0 heterocycles. The van der Waals surface area contributed by atoms with Crippen molar-refractivity contribution in [3.05, 3.63) is 54.1 Å². The summed E-state index contributed by atoms with van der Waals surface area (Å²) < 4.78 is 5.15. The van der Waals surface area contributed by atoms with E-state index in [2.05, 4.69) is 16.0 Å². The lowest BCUT2D eigenvalue weighted by Gasteiger charge is -2.12. The number of para-hydroxylation sites is 1. The zero-order chi connectivity index (χ0) is 17.5. The Morgan fingerprint density at radius 1 is 0.958 bits per heavy atom. The highest BCUT2D eigenvalue weighted by molar-refractivity contribution is 6.06. The predicted octanol–water partition coefficient (Wildman–Crippen LogP) is 2.62. The summed E-state index contributed by atoms with van der Waals surface area (Å²) in [5.74, 6) is -0.465. The lowest BCUT2D eigenvalue weighted by molar-refractivity contribution is -0.117. The van der Waals surface area contributed by atoms with Gasteiger partial charge in [0.1, 0.15) is 5.75 Å². The number of rotatable bonds is 4. The van der Waals surface area contributed by atoms with Crippen molar-refractivity contribution in [2.45, 2.75) is 6.92 Å². The molecule has 7 heteroatoms. The Morgan fingerprint density at radius 2 is 1.67 bits per heavy atom. The molecule has 2 aromatic carbocycles. The number of methoxy groups -OCH3 is 1. The summed E-state index contributed by atoms with van der Waals surface area (Å²) in [6.45, 7) is 1.22. The third-order valence-electron chi connectivity index (χ3n) is 3.03. The molecule has 24 heavy (non-hydrogen) atoms. The first-order valence-corrected chi connectivity index (χ1v) is 7.12. The molecule has 0 unspecified atom stereocenters. The molecule has 3 N–H and O–H groups in total. The number of ether oxygens (including phenoxy) is 1. The quantitative estimate of drug-likeness (QED) is 0.804. The van der Waals surface area contributed by atoms with Crippen LogP contribution in [0.1, 0.15) is 17.3 Å². The number of hydrogen-bond acceptors (Lipinski definition) is 4. The maximum absolute atomic E-state index is 12.3. The van der Waals surface area contributed by atoms with Crippen molar-refractivity contribution >= 4 is 29.2 Å². The Hall–Kier alpha value is -3.35. The van der Waals surface area contributed by atoms with Gasteiger partial charge in [-0.05, 0) is 30.3 Å². The van der Waals surface area contributed by atoms with Gasteiger partial charge in [-0.1, -0.05) is 18.2 Å². The fourth-order valence-electron chi connectivity index (χ4n) is 1.99. The highest BCUT2D eigenvalue weighted by atomic mass is 16.5. The van der Waals surface area contributed by atoms with Gasteiger partial charge in [0.15, 0.2) is 0 Å². The molecule has 0 saturated heterocycles. The van der Waals surface area contributed by atoms with Crippen molar-refractivity contribution in [3.63, 3.8) is 0 Å². The molecule has 0 saturated carbocycles. The van der Waals surface area contributed by atoms with Crippen LogP contribution in [0, 0.1) is 0 Å². The van der Waals surface area contributed by atoms with Gasteiger partial charge in [0.05, 0.1) is 12.8 Å². The van der Waals surface area contributed by atoms with Crippen LogP contribution in [-0.2, 0) is 4.79 Å². The average molecular weight is 327 g/mol. The maximum atomic E-state index is 12.3. The summed E-state index contributed by atoms with van der Waals surface area (Å²) in [6.07, 6.45) is 0. The largest absolute Gasteiger partial charge is 0.495 e. The van der Waals surface area contributed by atoms with Gasteiger partial charge in [0, 0.05) is 18.2 Å². The average Bonchev–Trinajstić information content (AvgIpc) is 2.55. The number of amides is 4. The Bertz CT molecular complexity index is 760. The zero-order valence-electron chi connectivity index (χ0n) is 13.3. The van der Waals surface area contributed by atoms with Crippen LogP contribution in [0.25, 0.3) is 0 Å². The summed E-state index contributed by atoms with van der Waals surface area (Å²) in [7, 11) is 1.44. The number of hydrogen-bond donors (Lipinski definition) is 3. The summed E-state index contributed by atoms with van der Waals surface area (Å²) >= 11 is 0. The highest BCUT2D eigenvalue weighted by Gasteiger charge is 2.13. The van der Waals surface area contributed by atoms with Crippen molar-refractivity contribution in [2.75, 3.05) is 17.7 Å². The fraction of sp³-hybridized carbons (Fsp3) is 0.118. The minimum Gasteiger partial charge on any atom is -0.495 e. The van der Waals surface area contributed by atoms with E-state index in [0.29, 0.717) is 17.0 Å². The predicted molar refractivity (Wildman–Crippen MR) is 90.2 cm³/mol. The van der Waals surface area contributed by atoms with E-state index in [0.717, 1.165) is 0 Å². The lowest BCUT2D eigenvalue weighted by atomic mass is 10.1. The van der Waals surface area contributed by atoms with Gasteiger partial charge in [-0.2, -0.15) is 0 Å². The first-order valence-electron chi connectivity index (χ1n) is 7.12. The first kappa shape index (κ1) is 17.0. The topological polar surface area (TPSA) is 96.5 Å². The van der Waals surface area contributed by atoms with Crippen molar-refractivity contribution in [3.8, 4) is 5.75 Å². The number of carbonyl (C=O) groups is 3. The standard InChI is InChI=1S/C17H17N3O4/c1-11(21)18-17(23)20-14-10-12(8-9-15(14)24-2)16(22)19-13-6-4-3-5-7-13/h3-10H,1-2H3,(H,19,22)(H2,18,20,21,23). The molecular weight excluding hydrogens is 310 g/mol. The maximum Gasteiger partial charge on any atom is 0.325 e. The zero-order valence-corrected chi connectivity index (χ0v) is 13.3. The van der Waals surface area contributed by atoms with E-state index in [9.17, 15) is 14.4 Å². The van der Waals surface area contributed by atoms with Crippen molar-refractivity contribution < 1.29 is 19.1 Å². The number of carbonyl (C=O) groups excluding carboxylic acids is 3. The fourth-order valence-corrected chi connectivity index (χ4v) is 1.99. The van der Waals surface area contributed by atoms with Crippen LogP contribution in [0.15, 0.2) is 48.5 Å². The summed E-state index contributed by atoms with van der Waals surface area (Å²) in [4.78, 5) is 34.9. The normalized spacial score (nSPS) is 9.75. The molecule has 0 atom stereocenters. The molecular formula is C17H17N3O4. The lowest BCUT2D eigenvalue weighted by Crippen LogP contribution is -2.32. The summed E-state index contributed by atoms with van der Waals surface area (Å²) in [5.41, 5.74) is 1.26. The molecule has 7 nitrogen and oxygen atoms in total. The minimum absolute atomic E-state index is 0.275. The second kappa shape index (κ2) is 7.77. The van der Waals surface area contributed by atoms with E-state index >= 15 is 0 Å². The molecule has 0 aliphatic rings. The minimum atomic E-state index is -0.707. The van der Waals surface area contributed by atoms with Crippen molar-refractivity contribution in [1.82, 2.24) is 5.32 Å². The van der Waals surface area contributed by atoms with Gasteiger partial charge < -0.3 is 15.4 Å². The Balaban J connectivity index is 2.19. The molecule has 0 aromatic heterocycles. The highest BCUT2D eigenvalue weighted by Crippen LogP contribution is 2.26. The Labute approximate surface area is 139 Å². The Morgan fingerprint density at radius 3 is 2.29 bits per heavy atom. The van der Waals surface area contributed by atoms with Crippen LogP contribution in [-0.4, -0.2) is 25.0 Å².